The summed E-state index contributed by atoms with van der Waals surface area (Å²) < 4.78 is 26.9. The van der Waals surface area contributed by atoms with Crippen LogP contribution in [0.25, 0.3) is 0 Å². The van der Waals surface area contributed by atoms with Crippen molar-refractivity contribution in [3.63, 3.8) is 0 Å². The first kappa shape index (κ1) is 15.8. The zero-order valence-corrected chi connectivity index (χ0v) is 13.2. The molecule has 0 amide bonds. The van der Waals surface area contributed by atoms with E-state index in [0.717, 1.165) is 36.8 Å². The maximum absolute atomic E-state index is 12.1. The van der Waals surface area contributed by atoms with Gasteiger partial charge in [0.2, 0.25) is 10.0 Å². The average molecular weight is 316 g/mol. The van der Waals surface area contributed by atoms with Crippen LogP contribution in [0.4, 0.5) is 0 Å². The van der Waals surface area contributed by atoms with Crippen LogP contribution in [0.15, 0.2) is 24.3 Å². The van der Waals surface area contributed by atoms with Gasteiger partial charge in [0.25, 0.3) is 0 Å². The molecule has 0 atom stereocenters. The molecule has 0 bridgehead atoms. The van der Waals surface area contributed by atoms with Crippen LogP contribution in [0, 0.1) is 5.92 Å². The highest BCUT2D eigenvalue weighted by atomic mass is 35.5. The van der Waals surface area contributed by atoms with Gasteiger partial charge < -0.3 is 0 Å². The molecule has 0 unspecified atom stereocenters. The lowest BCUT2D eigenvalue weighted by atomic mass is 9.91. The van der Waals surface area contributed by atoms with Gasteiger partial charge in [0.05, 0.1) is 5.75 Å². The predicted octanol–water partition coefficient (Wildman–Crippen LogP) is 3.43. The lowest BCUT2D eigenvalue weighted by molar-refractivity contribution is 0.384. The summed E-state index contributed by atoms with van der Waals surface area (Å²) in [6.45, 7) is 0.347. The first-order chi connectivity index (χ1) is 9.59. The van der Waals surface area contributed by atoms with Crippen molar-refractivity contribution in [1.29, 1.82) is 0 Å². The Kier molecular flexibility index (Phi) is 5.87. The van der Waals surface area contributed by atoms with Gasteiger partial charge in [-0.15, -0.1) is 11.6 Å². The molecule has 0 aliphatic heterocycles. The Balaban J connectivity index is 1.87. The van der Waals surface area contributed by atoms with E-state index in [9.17, 15) is 8.42 Å². The fourth-order valence-corrected chi connectivity index (χ4v) is 4.36. The summed E-state index contributed by atoms with van der Waals surface area (Å²) in [4.78, 5) is 0. The van der Waals surface area contributed by atoms with E-state index in [1.807, 2.05) is 24.3 Å². The first-order valence-electron chi connectivity index (χ1n) is 7.20. The molecule has 20 heavy (non-hydrogen) atoms. The van der Waals surface area contributed by atoms with Crippen LogP contribution in [0.1, 0.15) is 43.2 Å². The fraction of sp³-hybridized carbons (Fsp3) is 0.600. The third-order valence-corrected chi connectivity index (χ3v) is 5.62. The molecular weight excluding hydrogens is 294 g/mol. The van der Waals surface area contributed by atoms with E-state index < -0.39 is 10.0 Å². The van der Waals surface area contributed by atoms with Crippen molar-refractivity contribution in [2.24, 2.45) is 5.92 Å². The van der Waals surface area contributed by atoms with Gasteiger partial charge in [-0.05, 0) is 29.9 Å². The molecular formula is C15H22ClNO2S. The maximum Gasteiger partial charge on any atom is 0.212 e. The Hall–Kier alpha value is -0.580. The van der Waals surface area contributed by atoms with Crippen molar-refractivity contribution in [2.75, 3.05) is 5.75 Å². The topological polar surface area (TPSA) is 46.2 Å². The van der Waals surface area contributed by atoms with Crippen LogP contribution in [0.3, 0.4) is 0 Å². The molecule has 1 N–H and O–H groups in total. The minimum absolute atomic E-state index is 0.266. The van der Waals surface area contributed by atoms with Gasteiger partial charge in [0.1, 0.15) is 0 Å². The van der Waals surface area contributed by atoms with E-state index in [-0.39, 0.29) is 5.75 Å². The second-order valence-corrected chi connectivity index (χ2v) is 7.68. The van der Waals surface area contributed by atoms with Crippen LogP contribution >= 0.6 is 11.6 Å². The molecule has 0 aromatic heterocycles. The van der Waals surface area contributed by atoms with Crippen molar-refractivity contribution >= 4 is 21.6 Å². The van der Waals surface area contributed by atoms with Crippen LogP contribution in [-0.4, -0.2) is 14.2 Å². The molecule has 1 fully saturated rings. The van der Waals surface area contributed by atoms with Crippen LogP contribution in [-0.2, 0) is 22.4 Å². The number of halogens is 1. The molecule has 0 saturated heterocycles. The summed E-state index contributed by atoms with van der Waals surface area (Å²) in [5.74, 6) is 1.04. The Bertz CT molecular complexity index is 524. The van der Waals surface area contributed by atoms with Crippen molar-refractivity contribution in [3.8, 4) is 0 Å². The van der Waals surface area contributed by atoms with Gasteiger partial charge in [0.15, 0.2) is 0 Å². The van der Waals surface area contributed by atoms with Gasteiger partial charge in [-0.3, -0.25) is 0 Å². The summed E-state index contributed by atoms with van der Waals surface area (Å²) in [6.07, 6.45) is 5.66. The molecule has 0 heterocycles. The maximum atomic E-state index is 12.1. The highest BCUT2D eigenvalue weighted by molar-refractivity contribution is 7.89. The molecule has 1 aliphatic carbocycles. The summed E-state index contributed by atoms with van der Waals surface area (Å²) in [7, 11) is -3.18. The summed E-state index contributed by atoms with van der Waals surface area (Å²) in [6, 6.07) is 7.70. The minimum atomic E-state index is -3.18. The van der Waals surface area contributed by atoms with Gasteiger partial charge >= 0.3 is 0 Å². The molecule has 1 aromatic carbocycles. The van der Waals surface area contributed by atoms with Gasteiger partial charge in [-0.2, -0.15) is 0 Å². The molecule has 5 heteroatoms. The quantitative estimate of drug-likeness (QED) is 0.818. The van der Waals surface area contributed by atoms with Crippen molar-refractivity contribution in [3.05, 3.63) is 35.4 Å². The van der Waals surface area contributed by atoms with Gasteiger partial charge in [0, 0.05) is 12.4 Å². The molecule has 0 radical (unpaired) electrons. The smallest absolute Gasteiger partial charge is 0.212 e. The third kappa shape index (κ3) is 5.08. The second-order valence-electron chi connectivity index (χ2n) is 5.56. The summed E-state index contributed by atoms with van der Waals surface area (Å²) in [5.41, 5.74) is 1.96. The molecule has 1 aliphatic rings. The van der Waals surface area contributed by atoms with Crippen LogP contribution < -0.4 is 4.72 Å². The van der Waals surface area contributed by atoms with Crippen LogP contribution in [0.5, 0.6) is 0 Å². The summed E-state index contributed by atoms with van der Waals surface area (Å²) >= 11 is 5.78. The Labute approximate surface area is 126 Å². The second kappa shape index (κ2) is 7.43. The predicted molar refractivity (Wildman–Crippen MR) is 83.2 cm³/mol. The molecule has 2 rings (SSSR count). The standard InChI is InChI=1S/C15H22ClNO2S/c16-10-14-7-4-8-15(9-14)11-17-20(18,19)12-13-5-2-1-3-6-13/h4,7-9,13,17H,1-3,5-6,10-12H2. The van der Waals surface area contributed by atoms with Gasteiger partial charge in [-0.1, -0.05) is 43.5 Å². The average Bonchev–Trinajstić information content (AvgIpc) is 2.46. The number of benzene rings is 1. The van der Waals surface area contributed by atoms with E-state index >= 15 is 0 Å². The van der Waals surface area contributed by atoms with Crippen molar-refractivity contribution in [1.82, 2.24) is 4.72 Å². The number of hydrogen-bond donors (Lipinski definition) is 1. The Morgan fingerprint density at radius 2 is 1.85 bits per heavy atom. The highest BCUT2D eigenvalue weighted by Gasteiger charge is 2.20. The normalized spacial score (nSPS) is 17.2. The SMILES string of the molecule is O=S(=O)(CC1CCCCC1)NCc1cccc(CCl)c1. The fourth-order valence-electron chi connectivity index (χ4n) is 2.74. The number of sulfonamides is 1. The van der Waals surface area contributed by atoms with Crippen LogP contribution in [0.2, 0.25) is 0 Å². The monoisotopic (exact) mass is 315 g/mol. The van der Waals surface area contributed by atoms with E-state index in [1.54, 1.807) is 0 Å². The molecule has 112 valence electrons. The third-order valence-electron chi connectivity index (χ3n) is 3.82. The van der Waals surface area contributed by atoms with Crippen molar-refractivity contribution in [2.45, 2.75) is 44.5 Å². The van der Waals surface area contributed by atoms with E-state index in [1.165, 1.54) is 6.42 Å². The Morgan fingerprint density at radius 3 is 2.55 bits per heavy atom. The number of rotatable bonds is 6. The lowest BCUT2D eigenvalue weighted by Gasteiger charge is -2.21. The van der Waals surface area contributed by atoms with Crippen molar-refractivity contribution < 1.29 is 8.42 Å². The Morgan fingerprint density at radius 1 is 1.15 bits per heavy atom. The van der Waals surface area contributed by atoms with Gasteiger partial charge in [-0.25, -0.2) is 13.1 Å². The highest BCUT2D eigenvalue weighted by Crippen LogP contribution is 2.24. The molecule has 3 nitrogen and oxygen atoms in total. The zero-order valence-electron chi connectivity index (χ0n) is 11.6. The van der Waals surface area contributed by atoms with E-state index in [2.05, 4.69) is 4.72 Å². The molecule has 1 saturated carbocycles. The number of hydrogen-bond acceptors (Lipinski definition) is 2. The van der Waals surface area contributed by atoms with E-state index in [4.69, 9.17) is 11.6 Å². The zero-order chi connectivity index (χ0) is 14.4. The first-order valence-corrected chi connectivity index (χ1v) is 9.39. The number of alkyl halides is 1. The minimum Gasteiger partial charge on any atom is -0.212 e. The lowest BCUT2D eigenvalue weighted by Crippen LogP contribution is -2.30. The summed E-state index contributed by atoms with van der Waals surface area (Å²) in [5, 5.41) is 0. The molecule has 0 spiro atoms. The van der Waals surface area contributed by atoms with E-state index in [0.29, 0.717) is 18.3 Å². The largest absolute Gasteiger partial charge is 0.212 e. The number of nitrogens with one attached hydrogen (secondary N) is 1. The molecule has 1 aromatic rings.